The van der Waals surface area contributed by atoms with Gasteiger partial charge in [-0.1, -0.05) is 0 Å². The summed E-state index contributed by atoms with van der Waals surface area (Å²) in [7, 11) is 0. The molecule has 0 aliphatic heterocycles. The summed E-state index contributed by atoms with van der Waals surface area (Å²) < 4.78 is 0. The summed E-state index contributed by atoms with van der Waals surface area (Å²) in [5.74, 6) is 0.623. The zero-order valence-corrected chi connectivity index (χ0v) is 7.11. The first-order valence-corrected chi connectivity index (χ1v) is 3.81. The van der Waals surface area contributed by atoms with Crippen LogP contribution in [0, 0.1) is 0 Å². The standard InChI is InChI=1S/C7H12ClNO/c1-7(2,9-6-10)4-3-5-8/h3-5H2,1-2H3. The highest BCUT2D eigenvalue weighted by molar-refractivity contribution is 6.17. The van der Waals surface area contributed by atoms with Crippen molar-refractivity contribution in [2.24, 2.45) is 4.99 Å². The molecule has 3 heteroatoms. The Bertz CT molecular complexity index is 139. The smallest absolute Gasteiger partial charge is 0.211 e. The van der Waals surface area contributed by atoms with Crippen molar-refractivity contribution >= 4 is 17.7 Å². The summed E-state index contributed by atoms with van der Waals surface area (Å²) in [5.41, 5.74) is -0.281. The van der Waals surface area contributed by atoms with E-state index in [2.05, 4.69) is 4.99 Å². The molecular formula is C7H12ClNO. The van der Waals surface area contributed by atoms with E-state index in [4.69, 9.17) is 11.6 Å². The van der Waals surface area contributed by atoms with Gasteiger partial charge in [0.05, 0.1) is 5.54 Å². The van der Waals surface area contributed by atoms with E-state index in [0.717, 1.165) is 12.8 Å². The number of aliphatic imine (C=N–C) groups is 1. The molecule has 0 aliphatic rings. The third-order valence-electron chi connectivity index (χ3n) is 1.27. The van der Waals surface area contributed by atoms with E-state index in [1.54, 1.807) is 6.08 Å². The second-order valence-corrected chi connectivity index (χ2v) is 3.19. The van der Waals surface area contributed by atoms with Crippen LogP contribution in [0.1, 0.15) is 26.7 Å². The van der Waals surface area contributed by atoms with E-state index >= 15 is 0 Å². The maximum Gasteiger partial charge on any atom is 0.235 e. The molecule has 10 heavy (non-hydrogen) atoms. The van der Waals surface area contributed by atoms with Crippen LogP contribution in [0.5, 0.6) is 0 Å². The van der Waals surface area contributed by atoms with Gasteiger partial charge in [-0.15, -0.1) is 11.6 Å². The summed E-state index contributed by atoms with van der Waals surface area (Å²) in [6, 6.07) is 0. The number of hydrogen-bond acceptors (Lipinski definition) is 2. The van der Waals surface area contributed by atoms with Gasteiger partial charge in [-0.3, -0.25) is 0 Å². The van der Waals surface area contributed by atoms with Crippen molar-refractivity contribution in [1.82, 2.24) is 0 Å². The van der Waals surface area contributed by atoms with Gasteiger partial charge in [0.25, 0.3) is 0 Å². The maximum atomic E-state index is 9.86. The van der Waals surface area contributed by atoms with E-state index in [0.29, 0.717) is 5.88 Å². The summed E-state index contributed by atoms with van der Waals surface area (Å²) in [6.07, 6.45) is 3.28. The van der Waals surface area contributed by atoms with Crippen LogP contribution in [0.3, 0.4) is 0 Å². The van der Waals surface area contributed by atoms with Crippen LogP contribution in [-0.4, -0.2) is 17.5 Å². The third-order valence-corrected chi connectivity index (χ3v) is 1.54. The molecule has 0 aromatic carbocycles. The molecule has 0 spiro atoms. The van der Waals surface area contributed by atoms with Gasteiger partial charge in [0, 0.05) is 5.88 Å². The van der Waals surface area contributed by atoms with Gasteiger partial charge in [0.2, 0.25) is 6.08 Å². The summed E-state index contributed by atoms with van der Waals surface area (Å²) >= 11 is 5.47. The molecule has 0 aromatic rings. The predicted octanol–water partition coefficient (Wildman–Crippen LogP) is 2.12. The predicted molar refractivity (Wildman–Crippen MR) is 42.2 cm³/mol. The Morgan fingerprint density at radius 3 is 2.60 bits per heavy atom. The van der Waals surface area contributed by atoms with Crippen LogP contribution in [0.4, 0.5) is 0 Å². The molecule has 0 atom stereocenters. The highest BCUT2D eigenvalue weighted by Gasteiger charge is 2.14. The Hall–Kier alpha value is -0.330. The zero-order valence-electron chi connectivity index (χ0n) is 6.35. The Kier molecular flexibility index (Phi) is 4.33. The van der Waals surface area contributed by atoms with Crippen molar-refractivity contribution in [2.45, 2.75) is 32.2 Å². The molecule has 0 saturated heterocycles. The second kappa shape index (κ2) is 4.48. The molecule has 0 N–H and O–H groups in total. The number of hydrogen-bond donors (Lipinski definition) is 0. The zero-order chi connectivity index (χ0) is 8.04. The van der Waals surface area contributed by atoms with E-state index in [1.165, 1.54) is 0 Å². The number of halogens is 1. The van der Waals surface area contributed by atoms with Crippen LogP contribution in [0.15, 0.2) is 4.99 Å². The minimum Gasteiger partial charge on any atom is -0.211 e. The molecule has 0 saturated carbocycles. The van der Waals surface area contributed by atoms with Crippen molar-refractivity contribution < 1.29 is 4.79 Å². The molecule has 0 bridgehead atoms. The van der Waals surface area contributed by atoms with Gasteiger partial charge in [0.15, 0.2) is 0 Å². The highest BCUT2D eigenvalue weighted by atomic mass is 35.5. The fourth-order valence-electron chi connectivity index (χ4n) is 0.679. The Labute approximate surface area is 66.3 Å². The van der Waals surface area contributed by atoms with E-state index in [9.17, 15) is 4.79 Å². The third kappa shape index (κ3) is 4.54. The molecule has 0 radical (unpaired) electrons. The molecule has 0 rings (SSSR count). The number of rotatable bonds is 4. The van der Waals surface area contributed by atoms with Crippen LogP contribution < -0.4 is 0 Å². The monoisotopic (exact) mass is 161 g/mol. The lowest BCUT2D eigenvalue weighted by molar-refractivity contribution is 0.465. The number of isocyanates is 1. The van der Waals surface area contributed by atoms with E-state index in [1.807, 2.05) is 13.8 Å². The van der Waals surface area contributed by atoms with Crippen molar-refractivity contribution in [2.75, 3.05) is 5.88 Å². The maximum absolute atomic E-state index is 9.86. The largest absolute Gasteiger partial charge is 0.235 e. The minimum atomic E-state index is -0.281. The first-order chi connectivity index (χ1) is 4.62. The molecule has 0 heterocycles. The van der Waals surface area contributed by atoms with Crippen LogP contribution >= 0.6 is 11.6 Å². The van der Waals surface area contributed by atoms with Crippen LogP contribution in [-0.2, 0) is 4.79 Å². The van der Waals surface area contributed by atoms with Gasteiger partial charge >= 0.3 is 0 Å². The summed E-state index contributed by atoms with van der Waals surface area (Å²) in [4.78, 5) is 13.5. The van der Waals surface area contributed by atoms with Crippen LogP contribution in [0.2, 0.25) is 0 Å². The second-order valence-electron chi connectivity index (χ2n) is 2.81. The number of alkyl halides is 1. The summed E-state index contributed by atoms with van der Waals surface area (Å²) in [6.45, 7) is 3.79. The number of nitrogens with zero attached hydrogens (tertiary/aromatic N) is 1. The van der Waals surface area contributed by atoms with E-state index < -0.39 is 0 Å². The van der Waals surface area contributed by atoms with Crippen molar-refractivity contribution in [3.8, 4) is 0 Å². The normalized spacial score (nSPS) is 10.7. The Morgan fingerprint density at radius 1 is 1.60 bits per heavy atom. The van der Waals surface area contributed by atoms with Crippen molar-refractivity contribution in [3.63, 3.8) is 0 Å². The molecule has 58 valence electrons. The molecule has 0 unspecified atom stereocenters. The fraction of sp³-hybridized carbons (Fsp3) is 0.857. The Morgan fingerprint density at radius 2 is 2.20 bits per heavy atom. The fourth-order valence-corrected chi connectivity index (χ4v) is 0.813. The molecule has 0 aromatic heterocycles. The first kappa shape index (κ1) is 9.67. The molecule has 0 fully saturated rings. The van der Waals surface area contributed by atoms with Crippen molar-refractivity contribution in [3.05, 3.63) is 0 Å². The molecule has 0 amide bonds. The topological polar surface area (TPSA) is 29.4 Å². The summed E-state index contributed by atoms with van der Waals surface area (Å²) in [5, 5.41) is 0. The Balaban J connectivity index is 3.74. The average molecular weight is 162 g/mol. The van der Waals surface area contributed by atoms with Crippen LogP contribution in [0.25, 0.3) is 0 Å². The molecular weight excluding hydrogens is 150 g/mol. The van der Waals surface area contributed by atoms with Gasteiger partial charge in [-0.2, -0.15) is 4.99 Å². The SMILES string of the molecule is CC(C)(CCCCl)N=C=O. The van der Waals surface area contributed by atoms with E-state index in [-0.39, 0.29) is 5.54 Å². The average Bonchev–Trinajstić information content (AvgIpc) is 1.84. The minimum absolute atomic E-state index is 0.281. The molecule has 0 aliphatic carbocycles. The first-order valence-electron chi connectivity index (χ1n) is 3.27. The van der Waals surface area contributed by atoms with Gasteiger partial charge in [-0.25, -0.2) is 4.79 Å². The van der Waals surface area contributed by atoms with Crippen molar-refractivity contribution in [1.29, 1.82) is 0 Å². The molecule has 2 nitrogen and oxygen atoms in total. The lowest BCUT2D eigenvalue weighted by Gasteiger charge is -2.15. The lowest BCUT2D eigenvalue weighted by atomic mass is 10.0. The highest BCUT2D eigenvalue weighted by Crippen LogP contribution is 2.15. The lowest BCUT2D eigenvalue weighted by Crippen LogP contribution is -2.15. The van der Waals surface area contributed by atoms with Gasteiger partial charge in [-0.05, 0) is 26.7 Å². The quantitative estimate of drug-likeness (QED) is 0.353. The number of carbonyl (C=O) groups excluding carboxylic acids is 1. The van der Waals surface area contributed by atoms with Gasteiger partial charge < -0.3 is 0 Å². The van der Waals surface area contributed by atoms with Gasteiger partial charge in [0.1, 0.15) is 0 Å².